The second-order valence-corrected chi connectivity index (χ2v) is 8.01. The van der Waals surface area contributed by atoms with Gasteiger partial charge in [0, 0.05) is 38.7 Å². The van der Waals surface area contributed by atoms with Gasteiger partial charge in [0.1, 0.15) is 5.82 Å². The zero-order valence-electron chi connectivity index (χ0n) is 14.0. The Balaban J connectivity index is 2.05. The topological polar surface area (TPSA) is 79.4 Å². The van der Waals surface area contributed by atoms with Crippen LogP contribution in [0.3, 0.4) is 0 Å². The van der Waals surface area contributed by atoms with E-state index in [2.05, 4.69) is 10.3 Å². The average molecular weight is 347 g/mol. The summed E-state index contributed by atoms with van der Waals surface area (Å²) < 4.78 is 22.7. The Hall–Kier alpha value is -2.41. The number of aromatic nitrogens is 1. The number of carbonyl (C=O) groups is 1. The van der Waals surface area contributed by atoms with Crippen molar-refractivity contribution in [3.05, 3.63) is 59.3 Å². The molecule has 0 aliphatic rings. The summed E-state index contributed by atoms with van der Waals surface area (Å²) in [6, 6.07) is 10.4. The molecule has 0 atom stereocenters. The number of hydrogen-bond donors (Lipinski definition) is 1. The Bertz CT molecular complexity index is 832. The van der Waals surface area contributed by atoms with Gasteiger partial charge >= 0.3 is 0 Å². The summed E-state index contributed by atoms with van der Waals surface area (Å²) in [6.45, 7) is 0.374. The number of pyridine rings is 1. The summed E-state index contributed by atoms with van der Waals surface area (Å²) in [6.07, 6.45) is 2.87. The quantitative estimate of drug-likeness (QED) is 0.859. The number of nitrogens with zero attached hydrogens (tertiary/aromatic N) is 2. The highest BCUT2D eigenvalue weighted by Crippen LogP contribution is 2.11. The van der Waals surface area contributed by atoms with Gasteiger partial charge < -0.3 is 10.2 Å². The highest BCUT2D eigenvalue weighted by atomic mass is 32.2. The van der Waals surface area contributed by atoms with Crippen LogP contribution in [0.5, 0.6) is 0 Å². The van der Waals surface area contributed by atoms with E-state index in [1.807, 2.05) is 31.1 Å². The predicted octanol–water partition coefficient (Wildman–Crippen LogP) is 1.62. The molecule has 0 radical (unpaired) electrons. The summed E-state index contributed by atoms with van der Waals surface area (Å²) in [4.78, 5) is 18.4. The Labute approximate surface area is 142 Å². The summed E-state index contributed by atoms with van der Waals surface area (Å²) in [5, 5.41) is 2.84. The summed E-state index contributed by atoms with van der Waals surface area (Å²) in [7, 11) is 0.670. The normalized spacial score (nSPS) is 11.1. The molecule has 1 heterocycles. The number of anilines is 1. The molecular weight excluding hydrogens is 326 g/mol. The molecule has 0 unspecified atom stereocenters. The molecular formula is C17H21N3O3S. The van der Waals surface area contributed by atoms with E-state index < -0.39 is 9.84 Å². The van der Waals surface area contributed by atoms with Crippen LogP contribution in [0, 0.1) is 0 Å². The van der Waals surface area contributed by atoms with Crippen molar-refractivity contribution in [2.75, 3.05) is 25.3 Å². The zero-order chi connectivity index (χ0) is 17.7. The lowest BCUT2D eigenvalue weighted by Gasteiger charge is -2.12. The van der Waals surface area contributed by atoms with Gasteiger partial charge in [0.15, 0.2) is 9.84 Å². The van der Waals surface area contributed by atoms with Gasteiger partial charge in [-0.05, 0) is 35.4 Å². The maximum absolute atomic E-state index is 12.3. The van der Waals surface area contributed by atoms with E-state index in [9.17, 15) is 13.2 Å². The maximum Gasteiger partial charge on any atom is 0.251 e. The fraction of sp³-hybridized carbons (Fsp3) is 0.294. The van der Waals surface area contributed by atoms with Crippen molar-refractivity contribution in [2.24, 2.45) is 0 Å². The summed E-state index contributed by atoms with van der Waals surface area (Å²) >= 11 is 0. The first-order chi connectivity index (χ1) is 11.2. The lowest BCUT2D eigenvalue weighted by atomic mass is 10.1. The summed E-state index contributed by atoms with van der Waals surface area (Å²) in [5.74, 6) is 0.496. The minimum atomic E-state index is -3.13. The second kappa shape index (κ2) is 7.44. The van der Waals surface area contributed by atoms with E-state index in [4.69, 9.17) is 0 Å². The molecule has 24 heavy (non-hydrogen) atoms. The van der Waals surface area contributed by atoms with Crippen LogP contribution in [0.1, 0.15) is 21.5 Å². The molecule has 0 saturated heterocycles. The molecule has 1 N–H and O–H groups in total. The third kappa shape index (κ3) is 5.34. The van der Waals surface area contributed by atoms with Gasteiger partial charge in [0.05, 0.1) is 5.75 Å². The van der Waals surface area contributed by atoms with Gasteiger partial charge in [-0.1, -0.05) is 12.1 Å². The molecule has 1 amide bonds. The third-order valence-corrected chi connectivity index (χ3v) is 4.20. The standard InChI is InChI=1S/C17H21N3O3S/c1-20(2)16-10-13(7-8-18-16)11-19-17(21)15-6-4-5-14(9-15)12-24(3,22)23/h4-10H,11-12H2,1-3H3,(H,19,21). The van der Waals surface area contributed by atoms with E-state index in [0.29, 0.717) is 17.7 Å². The van der Waals surface area contributed by atoms with E-state index in [1.54, 1.807) is 30.5 Å². The monoisotopic (exact) mass is 347 g/mol. The number of benzene rings is 1. The zero-order valence-corrected chi connectivity index (χ0v) is 14.8. The molecule has 1 aromatic heterocycles. The lowest BCUT2D eigenvalue weighted by molar-refractivity contribution is 0.0951. The first-order valence-corrected chi connectivity index (χ1v) is 9.48. The molecule has 0 bridgehead atoms. The first-order valence-electron chi connectivity index (χ1n) is 7.42. The average Bonchev–Trinajstić information content (AvgIpc) is 2.51. The maximum atomic E-state index is 12.3. The number of carbonyl (C=O) groups excluding carboxylic acids is 1. The Morgan fingerprint density at radius 1 is 1.17 bits per heavy atom. The highest BCUT2D eigenvalue weighted by Gasteiger charge is 2.09. The Kier molecular flexibility index (Phi) is 5.56. The minimum Gasteiger partial charge on any atom is -0.363 e. The van der Waals surface area contributed by atoms with Gasteiger partial charge in [0.25, 0.3) is 5.91 Å². The Morgan fingerprint density at radius 3 is 2.58 bits per heavy atom. The second-order valence-electron chi connectivity index (χ2n) is 5.87. The fourth-order valence-corrected chi connectivity index (χ4v) is 2.99. The molecule has 2 rings (SSSR count). The third-order valence-electron chi connectivity index (χ3n) is 3.34. The van der Waals surface area contributed by atoms with Crippen LogP contribution in [0.4, 0.5) is 5.82 Å². The number of amides is 1. The van der Waals surface area contributed by atoms with Crippen LogP contribution in [0.25, 0.3) is 0 Å². The van der Waals surface area contributed by atoms with Crippen molar-refractivity contribution in [3.63, 3.8) is 0 Å². The number of sulfone groups is 1. The van der Waals surface area contributed by atoms with Gasteiger partial charge in [-0.3, -0.25) is 4.79 Å². The van der Waals surface area contributed by atoms with Crippen LogP contribution in [0.2, 0.25) is 0 Å². The van der Waals surface area contributed by atoms with Gasteiger partial charge in [-0.2, -0.15) is 0 Å². The van der Waals surface area contributed by atoms with Crippen LogP contribution in [-0.4, -0.2) is 39.7 Å². The number of hydrogen-bond acceptors (Lipinski definition) is 5. The van der Waals surface area contributed by atoms with E-state index >= 15 is 0 Å². The van der Waals surface area contributed by atoms with Crippen molar-refractivity contribution >= 4 is 21.6 Å². The fourth-order valence-electron chi connectivity index (χ4n) is 2.20. The van der Waals surface area contributed by atoms with Crippen molar-refractivity contribution in [1.29, 1.82) is 0 Å². The SMILES string of the molecule is CN(C)c1cc(CNC(=O)c2cccc(CS(C)(=O)=O)c2)ccn1. The van der Waals surface area contributed by atoms with Gasteiger partial charge in [0.2, 0.25) is 0 Å². The van der Waals surface area contributed by atoms with Crippen molar-refractivity contribution < 1.29 is 13.2 Å². The van der Waals surface area contributed by atoms with Gasteiger partial charge in [-0.15, -0.1) is 0 Å². The molecule has 0 saturated carbocycles. The minimum absolute atomic E-state index is 0.0787. The van der Waals surface area contributed by atoms with Gasteiger partial charge in [-0.25, -0.2) is 13.4 Å². The van der Waals surface area contributed by atoms with Crippen molar-refractivity contribution in [2.45, 2.75) is 12.3 Å². The van der Waals surface area contributed by atoms with Crippen molar-refractivity contribution in [3.8, 4) is 0 Å². The van der Waals surface area contributed by atoms with E-state index in [1.165, 1.54) is 6.26 Å². The number of rotatable bonds is 6. The molecule has 7 heteroatoms. The largest absolute Gasteiger partial charge is 0.363 e. The van der Waals surface area contributed by atoms with Crippen LogP contribution in [0.15, 0.2) is 42.6 Å². The first kappa shape index (κ1) is 17.9. The molecule has 0 aliphatic heterocycles. The molecule has 1 aromatic carbocycles. The van der Waals surface area contributed by atoms with Crippen LogP contribution >= 0.6 is 0 Å². The molecule has 0 spiro atoms. The highest BCUT2D eigenvalue weighted by molar-refractivity contribution is 7.89. The summed E-state index contributed by atoms with van der Waals surface area (Å²) in [5.41, 5.74) is 1.98. The van der Waals surface area contributed by atoms with Crippen LogP contribution < -0.4 is 10.2 Å². The Morgan fingerprint density at radius 2 is 1.92 bits per heavy atom. The predicted molar refractivity (Wildman–Crippen MR) is 94.7 cm³/mol. The van der Waals surface area contributed by atoms with Crippen LogP contribution in [-0.2, 0) is 22.1 Å². The lowest BCUT2D eigenvalue weighted by Crippen LogP contribution is -2.23. The number of nitrogens with one attached hydrogen (secondary N) is 1. The molecule has 6 nitrogen and oxygen atoms in total. The van der Waals surface area contributed by atoms with E-state index in [-0.39, 0.29) is 11.7 Å². The smallest absolute Gasteiger partial charge is 0.251 e. The van der Waals surface area contributed by atoms with Crippen molar-refractivity contribution in [1.82, 2.24) is 10.3 Å². The molecule has 0 fully saturated rings. The molecule has 2 aromatic rings. The molecule has 128 valence electrons. The van der Waals surface area contributed by atoms with E-state index in [0.717, 1.165) is 11.4 Å². The molecule has 0 aliphatic carbocycles.